The number of nitrogens with zero attached hydrogens (tertiary/aromatic N) is 5. The van der Waals surface area contributed by atoms with Crippen molar-refractivity contribution < 1.29 is 22.4 Å². The number of carbonyl (C=O) groups is 1. The van der Waals surface area contributed by atoms with Gasteiger partial charge in [0.25, 0.3) is 0 Å². The van der Waals surface area contributed by atoms with E-state index in [9.17, 15) is 22.4 Å². The Hall–Kier alpha value is -4.26. The lowest BCUT2D eigenvalue weighted by Gasteiger charge is -2.33. The normalized spacial score (nSPS) is 16.0. The monoisotopic (exact) mass is 584 g/mol. The summed E-state index contributed by atoms with van der Waals surface area (Å²) < 4.78 is 54.5. The van der Waals surface area contributed by atoms with Crippen LogP contribution in [0.5, 0.6) is 0 Å². The summed E-state index contributed by atoms with van der Waals surface area (Å²) in [6.07, 6.45) is 1.89. The lowest BCUT2D eigenvalue weighted by atomic mass is 10.0. The Morgan fingerprint density at radius 1 is 1.10 bits per heavy atom. The van der Waals surface area contributed by atoms with Crippen molar-refractivity contribution in [2.24, 2.45) is 7.05 Å². The highest BCUT2D eigenvalue weighted by molar-refractivity contribution is 6.00. The maximum atomic E-state index is 14.0. The number of halogens is 4. The van der Waals surface area contributed by atoms with Crippen LogP contribution in [0.4, 0.5) is 39.7 Å². The van der Waals surface area contributed by atoms with Crippen LogP contribution in [0.3, 0.4) is 0 Å². The summed E-state index contributed by atoms with van der Waals surface area (Å²) in [5.41, 5.74) is 0.767. The SMILES string of the molecule is CC1CCCCN1CCCNc1ncc2c(-c3ccc(NC(=O)Nc4cc(C(F)(F)F)ccc4F)cc3)nn(C)c2n1. The Morgan fingerprint density at radius 3 is 2.62 bits per heavy atom. The lowest BCUT2D eigenvalue weighted by molar-refractivity contribution is -0.137. The Balaban J connectivity index is 1.20. The van der Waals surface area contributed by atoms with Gasteiger partial charge in [0.2, 0.25) is 5.95 Å². The van der Waals surface area contributed by atoms with E-state index in [-0.39, 0.29) is 0 Å². The van der Waals surface area contributed by atoms with E-state index >= 15 is 0 Å². The number of aromatic nitrogens is 4. The topological polar surface area (TPSA) is 100 Å². The van der Waals surface area contributed by atoms with Gasteiger partial charge in [-0.3, -0.25) is 0 Å². The van der Waals surface area contributed by atoms with Gasteiger partial charge in [0.05, 0.1) is 16.6 Å². The van der Waals surface area contributed by atoms with E-state index in [2.05, 4.69) is 42.8 Å². The number of aryl methyl sites for hydroxylation is 1. The molecule has 2 aromatic carbocycles. The number of nitrogens with one attached hydrogen (secondary N) is 3. The first-order chi connectivity index (χ1) is 20.1. The van der Waals surface area contributed by atoms with Crippen LogP contribution in [-0.4, -0.2) is 56.4 Å². The molecule has 1 saturated heterocycles. The van der Waals surface area contributed by atoms with Gasteiger partial charge in [0, 0.05) is 43.6 Å². The number of hydrogen-bond acceptors (Lipinski definition) is 6. The van der Waals surface area contributed by atoms with E-state index in [4.69, 9.17) is 0 Å². The second-order valence-corrected chi connectivity index (χ2v) is 10.4. The number of rotatable bonds is 8. The minimum absolute atomic E-state index is 0.352. The van der Waals surface area contributed by atoms with Crippen LogP contribution in [0.25, 0.3) is 22.3 Å². The standard InChI is InChI=1S/C29H32F4N8O/c1-18-6-3-4-14-41(18)15-5-13-34-27-35-17-22-25(39-40(2)26(22)38-27)19-7-10-21(11-8-19)36-28(42)37-24-16-20(29(31,32)33)9-12-23(24)30/h7-12,16-18H,3-6,13-15H2,1-2H3,(H,34,35,38)(H2,36,37,42). The average Bonchev–Trinajstić information content (AvgIpc) is 3.28. The predicted octanol–water partition coefficient (Wildman–Crippen LogP) is 6.51. The minimum atomic E-state index is -4.67. The summed E-state index contributed by atoms with van der Waals surface area (Å²) in [6.45, 7) is 5.26. The molecule has 0 saturated carbocycles. The molecular weight excluding hydrogens is 552 g/mol. The zero-order valence-electron chi connectivity index (χ0n) is 23.3. The molecule has 0 bridgehead atoms. The summed E-state index contributed by atoms with van der Waals surface area (Å²) in [5.74, 6) is -0.449. The third-order valence-electron chi connectivity index (χ3n) is 7.38. The van der Waals surface area contributed by atoms with Crippen LogP contribution < -0.4 is 16.0 Å². The molecule has 5 rings (SSSR count). The number of benzene rings is 2. The Morgan fingerprint density at radius 2 is 1.88 bits per heavy atom. The summed E-state index contributed by atoms with van der Waals surface area (Å²) in [7, 11) is 1.80. The molecular formula is C29H32F4N8O. The Bertz CT molecular complexity index is 1550. The third-order valence-corrected chi connectivity index (χ3v) is 7.38. The molecule has 0 spiro atoms. The van der Waals surface area contributed by atoms with Gasteiger partial charge in [-0.05, 0) is 63.1 Å². The predicted molar refractivity (Wildman–Crippen MR) is 154 cm³/mol. The number of piperidine rings is 1. The molecule has 1 aliphatic rings. The van der Waals surface area contributed by atoms with Crippen molar-refractivity contribution in [1.82, 2.24) is 24.6 Å². The molecule has 4 aromatic rings. The second-order valence-electron chi connectivity index (χ2n) is 10.4. The molecule has 2 aromatic heterocycles. The van der Waals surface area contributed by atoms with Crippen molar-refractivity contribution in [3.63, 3.8) is 0 Å². The minimum Gasteiger partial charge on any atom is -0.354 e. The number of urea groups is 1. The molecule has 3 N–H and O–H groups in total. The number of carbonyl (C=O) groups excluding carboxylic acids is 1. The van der Waals surface area contributed by atoms with Crippen LogP contribution in [-0.2, 0) is 13.2 Å². The maximum Gasteiger partial charge on any atom is 0.416 e. The van der Waals surface area contributed by atoms with Gasteiger partial charge in [0.1, 0.15) is 11.5 Å². The first-order valence-electron chi connectivity index (χ1n) is 13.8. The fourth-order valence-corrected chi connectivity index (χ4v) is 5.10. The highest BCUT2D eigenvalue weighted by Crippen LogP contribution is 2.32. The smallest absolute Gasteiger partial charge is 0.354 e. The first kappa shape index (κ1) is 29.2. The molecule has 1 aliphatic heterocycles. The molecule has 222 valence electrons. The van der Waals surface area contributed by atoms with Crippen molar-refractivity contribution in [2.75, 3.05) is 35.6 Å². The summed E-state index contributed by atoms with van der Waals surface area (Å²) in [5, 5.41) is 13.3. The highest BCUT2D eigenvalue weighted by atomic mass is 19.4. The molecule has 1 unspecified atom stereocenters. The molecule has 3 heterocycles. The molecule has 42 heavy (non-hydrogen) atoms. The number of fused-ring (bicyclic) bond motifs is 1. The number of anilines is 3. The number of hydrogen-bond donors (Lipinski definition) is 3. The van der Waals surface area contributed by atoms with E-state index in [0.717, 1.165) is 37.0 Å². The van der Waals surface area contributed by atoms with Gasteiger partial charge in [0.15, 0.2) is 5.65 Å². The molecule has 9 nitrogen and oxygen atoms in total. The van der Waals surface area contributed by atoms with Crippen LogP contribution >= 0.6 is 0 Å². The molecule has 1 fully saturated rings. The number of likely N-dealkylation sites (tertiary alicyclic amines) is 1. The third kappa shape index (κ3) is 6.78. The number of alkyl halides is 3. The summed E-state index contributed by atoms with van der Waals surface area (Å²) in [6, 6.07) is 8.24. The van der Waals surface area contributed by atoms with Gasteiger partial charge in [-0.1, -0.05) is 18.6 Å². The largest absolute Gasteiger partial charge is 0.416 e. The first-order valence-corrected chi connectivity index (χ1v) is 13.8. The lowest BCUT2D eigenvalue weighted by Crippen LogP contribution is -2.38. The zero-order valence-corrected chi connectivity index (χ0v) is 23.3. The molecule has 13 heteroatoms. The van der Waals surface area contributed by atoms with Gasteiger partial charge in [-0.2, -0.15) is 23.3 Å². The van der Waals surface area contributed by atoms with Crippen LogP contribution in [0, 0.1) is 5.82 Å². The second kappa shape index (κ2) is 12.3. The van der Waals surface area contributed by atoms with E-state index in [0.29, 0.717) is 47.2 Å². The van der Waals surface area contributed by atoms with Crippen molar-refractivity contribution in [1.29, 1.82) is 0 Å². The fourth-order valence-electron chi connectivity index (χ4n) is 5.10. The van der Waals surface area contributed by atoms with Crippen molar-refractivity contribution in [3.05, 3.63) is 60.0 Å². The average molecular weight is 585 g/mol. The van der Waals surface area contributed by atoms with Crippen LogP contribution in [0.15, 0.2) is 48.7 Å². The molecule has 0 radical (unpaired) electrons. The van der Waals surface area contributed by atoms with E-state index < -0.39 is 29.3 Å². The molecule has 0 aliphatic carbocycles. The molecule has 1 atom stereocenters. The summed E-state index contributed by atoms with van der Waals surface area (Å²) >= 11 is 0. The highest BCUT2D eigenvalue weighted by Gasteiger charge is 2.31. The van der Waals surface area contributed by atoms with Gasteiger partial charge in [-0.15, -0.1) is 0 Å². The summed E-state index contributed by atoms with van der Waals surface area (Å²) in [4.78, 5) is 24.0. The van der Waals surface area contributed by atoms with Gasteiger partial charge < -0.3 is 20.9 Å². The van der Waals surface area contributed by atoms with Gasteiger partial charge in [-0.25, -0.2) is 18.9 Å². The van der Waals surface area contributed by atoms with Crippen LogP contribution in [0.1, 0.15) is 38.2 Å². The Kier molecular flexibility index (Phi) is 8.57. The Labute approximate surface area is 240 Å². The zero-order chi connectivity index (χ0) is 29.9. The van der Waals surface area contributed by atoms with Gasteiger partial charge >= 0.3 is 12.2 Å². The van der Waals surface area contributed by atoms with Crippen molar-refractivity contribution >= 4 is 34.4 Å². The number of amides is 2. The molecule has 2 amide bonds. The van der Waals surface area contributed by atoms with Crippen molar-refractivity contribution in [2.45, 2.75) is 44.8 Å². The van der Waals surface area contributed by atoms with E-state index in [1.165, 1.54) is 19.3 Å². The fraction of sp³-hybridized carbons (Fsp3) is 0.379. The van der Waals surface area contributed by atoms with E-state index in [1.54, 1.807) is 42.2 Å². The maximum absolute atomic E-state index is 14.0. The quantitative estimate of drug-likeness (QED) is 0.161. The van der Waals surface area contributed by atoms with E-state index in [1.807, 2.05) is 0 Å². The van der Waals surface area contributed by atoms with Crippen LogP contribution in [0.2, 0.25) is 0 Å². The van der Waals surface area contributed by atoms with Crippen molar-refractivity contribution in [3.8, 4) is 11.3 Å².